The van der Waals surface area contributed by atoms with E-state index in [1.165, 1.54) is 6.26 Å². The molecule has 16 heavy (non-hydrogen) atoms. The maximum Gasteiger partial charge on any atom is 0.183 e. The minimum Gasteiger partial charge on any atom is -0.452 e. The molecule has 1 rings (SSSR count). The Morgan fingerprint density at radius 3 is 2.56 bits per heavy atom. The van der Waals surface area contributed by atoms with Gasteiger partial charge in [0.15, 0.2) is 4.67 Å². The van der Waals surface area contributed by atoms with E-state index in [1.807, 2.05) is 13.0 Å². The number of hydrogen-bond donors (Lipinski definition) is 1. The molecular weight excluding hydrogens is 362 g/mol. The molecule has 1 N–H and O–H groups in total. The molecule has 0 amide bonds. The van der Waals surface area contributed by atoms with E-state index in [2.05, 4.69) is 37.2 Å². The number of furan rings is 1. The first-order valence-electron chi connectivity index (χ1n) is 4.63. The summed E-state index contributed by atoms with van der Waals surface area (Å²) in [5.74, 6) is 0.870. The van der Waals surface area contributed by atoms with E-state index in [4.69, 9.17) is 4.42 Å². The molecule has 1 unspecified atom stereocenters. The molecule has 4 nitrogen and oxygen atoms in total. The SMILES string of the molecule is CC(CS(C)(=O)=O)NCc1cc(Br)c(Br)o1. The Morgan fingerprint density at radius 1 is 1.50 bits per heavy atom. The average Bonchev–Trinajstić information content (AvgIpc) is 2.40. The minimum atomic E-state index is -2.94. The third kappa shape index (κ3) is 4.99. The highest BCUT2D eigenvalue weighted by molar-refractivity contribution is 9.13. The molecule has 1 aromatic rings. The van der Waals surface area contributed by atoms with Gasteiger partial charge in [-0.3, -0.25) is 0 Å². The summed E-state index contributed by atoms with van der Waals surface area (Å²) in [7, 11) is -2.94. The van der Waals surface area contributed by atoms with Crippen LogP contribution >= 0.6 is 31.9 Å². The summed E-state index contributed by atoms with van der Waals surface area (Å²) in [4.78, 5) is 0. The molecule has 0 fully saturated rings. The summed E-state index contributed by atoms with van der Waals surface area (Å²) in [5, 5.41) is 3.08. The Morgan fingerprint density at radius 2 is 2.12 bits per heavy atom. The second-order valence-corrected chi connectivity index (χ2v) is 7.47. The molecule has 0 bridgehead atoms. The lowest BCUT2D eigenvalue weighted by molar-refractivity contribution is 0.449. The van der Waals surface area contributed by atoms with Crippen LogP contribution in [0.15, 0.2) is 19.6 Å². The van der Waals surface area contributed by atoms with Gasteiger partial charge in [-0.1, -0.05) is 0 Å². The first-order chi connectivity index (χ1) is 7.28. The Balaban J connectivity index is 2.46. The van der Waals surface area contributed by atoms with Crippen molar-refractivity contribution in [3.8, 4) is 0 Å². The van der Waals surface area contributed by atoms with Crippen molar-refractivity contribution in [1.29, 1.82) is 0 Å². The lowest BCUT2D eigenvalue weighted by Crippen LogP contribution is -2.32. The monoisotopic (exact) mass is 373 g/mol. The number of rotatable bonds is 5. The van der Waals surface area contributed by atoms with Gasteiger partial charge in [-0.2, -0.15) is 0 Å². The summed E-state index contributed by atoms with van der Waals surface area (Å²) in [6.07, 6.45) is 1.23. The van der Waals surface area contributed by atoms with Crippen LogP contribution in [0.1, 0.15) is 12.7 Å². The third-order valence-corrected chi connectivity index (χ3v) is 4.69. The molecule has 1 atom stereocenters. The van der Waals surface area contributed by atoms with Crippen molar-refractivity contribution in [2.75, 3.05) is 12.0 Å². The molecule has 0 aromatic carbocycles. The largest absolute Gasteiger partial charge is 0.452 e. The maximum atomic E-state index is 11.0. The molecule has 0 saturated carbocycles. The standard InChI is InChI=1S/C9H13Br2NO3S/c1-6(5-16(2,13)14)12-4-7-3-8(10)9(11)15-7/h3,6,12H,4-5H2,1-2H3. The number of halogens is 2. The van der Waals surface area contributed by atoms with Crippen LogP contribution in [0.3, 0.4) is 0 Å². The summed E-state index contributed by atoms with van der Waals surface area (Å²) in [5.41, 5.74) is 0. The van der Waals surface area contributed by atoms with Gasteiger partial charge in [0.25, 0.3) is 0 Å². The van der Waals surface area contributed by atoms with Crippen molar-refractivity contribution in [2.24, 2.45) is 0 Å². The van der Waals surface area contributed by atoms with Gasteiger partial charge in [-0.15, -0.1) is 0 Å². The molecule has 0 aliphatic carbocycles. The highest BCUT2D eigenvalue weighted by Gasteiger charge is 2.11. The quantitative estimate of drug-likeness (QED) is 0.859. The fourth-order valence-corrected chi connectivity index (χ4v) is 2.95. The van der Waals surface area contributed by atoms with Crippen molar-refractivity contribution in [3.63, 3.8) is 0 Å². The predicted octanol–water partition coefficient (Wildman–Crippen LogP) is 2.33. The zero-order chi connectivity index (χ0) is 12.3. The number of sulfone groups is 1. The molecule has 0 aliphatic rings. The molecule has 1 heterocycles. The Labute approximate surface area is 112 Å². The van der Waals surface area contributed by atoms with Crippen LogP contribution in [0.4, 0.5) is 0 Å². The molecule has 7 heteroatoms. The first-order valence-corrected chi connectivity index (χ1v) is 8.27. The van der Waals surface area contributed by atoms with Crippen molar-refractivity contribution < 1.29 is 12.8 Å². The second kappa shape index (κ2) is 5.66. The van der Waals surface area contributed by atoms with Gasteiger partial charge >= 0.3 is 0 Å². The van der Waals surface area contributed by atoms with Crippen LogP contribution in [-0.2, 0) is 16.4 Å². The minimum absolute atomic E-state index is 0.0994. The van der Waals surface area contributed by atoms with Crippen molar-refractivity contribution in [3.05, 3.63) is 21.0 Å². The zero-order valence-corrected chi connectivity index (χ0v) is 12.9. The Kier molecular flexibility index (Phi) is 5.03. The van der Waals surface area contributed by atoms with Crippen LogP contribution in [-0.4, -0.2) is 26.5 Å². The topological polar surface area (TPSA) is 59.3 Å². The summed E-state index contributed by atoms with van der Waals surface area (Å²) >= 11 is 6.54. The number of nitrogens with one attached hydrogen (secondary N) is 1. The fraction of sp³-hybridized carbons (Fsp3) is 0.556. The van der Waals surface area contributed by atoms with Crippen LogP contribution < -0.4 is 5.32 Å². The molecule has 0 spiro atoms. The summed E-state index contributed by atoms with van der Waals surface area (Å²) in [6, 6.07) is 1.74. The molecule has 1 aromatic heterocycles. The molecule has 0 aliphatic heterocycles. The molecule has 92 valence electrons. The predicted molar refractivity (Wildman–Crippen MR) is 70.1 cm³/mol. The van der Waals surface area contributed by atoms with Crippen LogP contribution in [0.25, 0.3) is 0 Å². The van der Waals surface area contributed by atoms with Gasteiger partial charge in [-0.25, -0.2) is 8.42 Å². The van der Waals surface area contributed by atoms with Crippen molar-refractivity contribution in [2.45, 2.75) is 19.5 Å². The summed E-state index contributed by atoms with van der Waals surface area (Å²) < 4.78 is 28.9. The lowest BCUT2D eigenvalue weighted by atomic mass is 10.3. The van der Waals surface area contributed by atoms with Gasteiger partial charge in [-0.05, 0) is 44.8 Å². The van der Waals surface area contributed by atoms with E-state index < -0.39 is 9.84 Å². The smallest absolute Gasteiger partial charge is 0.183 e. The molecule has 0 radical (unpaired) electrons. The van der Waals surface area contributed by atoms with E-state index >= 15 is 0 Å². The highest BCUT2D eigenvalue weighted by atomic mass is 79.9. The Bertz CT molecular complexity index is 436. The normalized spacial score (nSPS) is 14.0. The van der Waals surface area contributed by atoms with Gasteiger partial charge in [0, 0.05) is 12.3 Å². The van der Waals surface area contributed by atoms with Crippen LogP contribution in [0.2, 0.25) is 0 Å². The van der Waals surface area contributed by atoms with E-state index in [1.54, 1.807) is 0 Å². The maximum absolute atomic E-state index is 11.0. The average molecular weight is 375 g/mol. The van der Waals surface area contributed by atoms with Crippen molar-refractivity contribution >= 4 is 41.7 Å². The second-order valence-electron chi connectivity index (χ2n) is 3.71. The lowest BCUT2D eigenvalue weighted by Gasteiger charge is -2.10. The zero-order valence-electron chi connectivity index (χ0n) is 8.96. The van der Waals surface area contributed by atoms with Gasteiger partial charge in [0.1, 0.15) is 15.6 Å². The highest BCUT2D eigenvalue weighted by Crippen LogP contribution is 2.26. The summed E-state index contributed by atoms with van der Waals surface area (Å²) in [6.45, 7) is 2.33. The Hall–Kier alpha value is 0.150. The van der Waals surface area contributed by atoms with E-state index in [9.17, 15) is 8.42 Å². The van der Waals surface area contributed by atoms with Gasteiger partial charge in [0.05, 0.1) is 16.8 Å². The number of hydrogen-bond acceptors (Lipinski definition) is 4. The first kappa shape index (κ1) is 14.2. The third-order valence-electron chi connectivity index (χ3n) is 1.87. The molecular formula is C9H13Br2NO3S. The fourth-order valence-electron chi connectivity index (χ4n) is 1.27. The van der Waals surface area contributed by atoms with Crippen molar-refractivity contribution in [1.82, 2.24) is 5.32 Å². The van der Waals surface area contributed by atoms with Gasteiger partial charge < -0.3 is 9.73 Å². The van der Waals surface area contributed by atoms with E-state index in [-0.39, 0.29) is 11.8 Å². The van der Waals surface area contributed by atoms with Gasteiger partial charge in [0.2, 0.25) is 0 Å². The molecule has 0 saturated heterocycles. The van der Waals surface area contributed by atoms with E-state index in [0.717, 1.165) is 10.2 Å². The van der Waals surface area contributed by atoms with Crippen LogP contribution in [0.5, 0.6) is 0 Å². The van der Waals surface area contributed by atoms with E-state index in [0.29, 0.717) is 11.2 Å². The van der Waals surface area contributed by atoms with Crippen LogP contribution in [0, 0.1) is 0 Å².